The van der Waals surface area contributed by atoms with E-state index >= 15 is 0 Å². The van der Waals surface area contributed by atoms with Gasteiger partial charge in [0.2, 0.25) is 5.82 Å². The van der Waals surface area contributed by atoms with Crippen LogP contribution in [0.2, 0.25) is 0 Å². The fourth-order valence-electron chi connectivity index (χ4n) is 1.23. The standard InChI is InChI=1S/C8H11N3O4/c1-5(8(12)15-3)10-4-7(11(13)14)9-6(10)2/h4-5H,1-3H3. The highest BCUT2D eigenvalue weighted by Crippen LogP contribution is 2.16. The lowest BCUT2D eigenvalue weighted by molar-refractivity contribution is -0.389. The van der Waals surface area contributed by atoms with Crippen molar-refractivity contribution in [3.05, 3.63) is 22.1 Å². The molecule has 0 bridgehead atoms. The molecule has 0 aliphatic heterocycles. The van der Waals surface area contributed by atoms with E-state index in [0.29, 0.717) is 5.82 Å². The van der Waals surface area contributed by atoms with Crippen LogP contribution in [0.15, 0.2) is 6.20 Å². The van der Waals surface area contributed by atoms with Crippen LogP contribution in [0.3, 0.4) is 0 Å². The Labute approximate surface area is 85.8 Å². The van der Waals surface area contributed by atoms with Gasteiger partial charge in [-0.1, -0.05) is 0 Å². The van der Waals surface area contributed by atoms with Crippen LogP contribution in [-0.4, -0.2) is 27.6 Å². The van der Waals surface area contributed by atoms with Crippen molar-refractivity contribution in [3.8, 4) is 0 Å². The summed E-state index contributed by atoms with van der Waals surface area (Å²) in [6.45, 7) is 3.18. The number of imidazole rings is 1. The number of carbonyl (C=O) groups is 1. The number of nitro groups is 1. The van der Waals surface area contributed by atoms with Crippen molar-refractivity contribution in [2.45, 2.75) is 19.9 Å². The first-order valence-electron chi connectivity index (χ1n) is 4.25. The van der Waals surface area contributed by atoms with E-state index in [1.807, 2.05) is 0 Å². The fourth-order valence-corrected chi connectivity index (χ4v) is 1.23. The predicted molar refractivity (Wildman–Crippen MR) is 50.3 cm³/mol. The van der Waals surface area contributed by atoms with Crippen LogP contribution < -0.4 is 0 Å². The molecule has 0 N–H and O–H groups in total. The zero-order chi connectivity index (χ0) is 11.6. The summed E-state index contributed by atoms with van der Waals surface area (Å²) in [5, 5.41) is 10.4. The molecular weight excluding hydrogens is 202 g/mol. The molecule has 1 unspecified atom stereocenters. The summed E-state index contributed by atoms with van der Waals surface area (Å²) in [6.07, 6.45) is 1.22. The monoisotopic (exact) mass is 213 g/mol. The minimum atomic E-state index is -0.615. The first kappa shape index (κ1) is 11.2. The van der Waals surface area contributed by atoms with Crippen LogP contribution in [-0.2, 0) is 9.53 Å². The normalized spacial score (nSPS) is 12.2. The number of nitrogens with zero attached hydrogens (tertiary/aromatic N) is 3. The van der Waals surface area contributed by atoms with Gasteiger partial charge >= 0.3 is 11.8 Å². The van der Waals surface area contributed by atoms with Gasteiger partial charge < -0.3 is 14.9 Å². The Morgan fingerprint density at radius 3 is 2.73 bits per heavy atom. The summed E-state index contributed by atoms with van der Waals surface area (Å²) in [6, 6.07) is -0.615. The number of aromatic nitrogens is 2. The second-order valence-corrected chi connectivity index (χ2v) is 3.01. The number of methoxy groups -OCH3 is 1. The smallest absolute Gasteiger partial charge is 0.381 e. The van der Waals surface area contributed by atoms with E-state index < -0.39 is 16.9 Å². The van der Waals surface area contributed by atoms with Gasteiger partial charge in [0.1, 0.15) is 12.2 Å². The number of esters is 1. The number of hydrogen-bond donors (Lipinski definition) is 0. The fraction of sp³-hybridized carbons (Fsp3) is 0.500. The molecule has 7 nitrogen and oxygen atoms in total. The minimum absolute atomic E-state index is 0.275. The van der Waals surface area contributed by atoms with E-state index in [0.717, 1.165) is 0 Å². The molecule has 0 aliphatic carbocycles. The van der Waals surface area contributed by atoms with Gasteiger partial charge in [0, 0.05) is 6.92 Å². The molecular formula is C8H11N3O4. The van der Waals surface area contributed by atoms with Gasteiger partial charge in [-0.05, 0) is 16.8 Å². The first-order chi connectivity index (χ1) is 6.97. The van der Waals surface area contributed by atoms with Gasteiger partial charge in [-0.3, -0.25) is 4.57 Å². The Morgan fingerprint density at radius 1 is 1.73 bits per heavy atom. The predicted octanol–water partition coefficient (Wildman–Crippen LogP) is 0.834. The first-order valence-corrected chi connectivity index (χ1v) is 4.25. The molecule has 7 heteroatoms. The van der Waals surface area contributed by atoms with Gasteiger partial charge in [-0.15, -0.1) is 0 Å². The minimum Gasteiger partial charge on any atom is -0.467 e. The molecule has 0 spiro atoms. The molecule has 0 saturated heterocycles. The summed E-state index contributed by atoms with van der Waals surface area (Å²) in [7, 11) is 1.26. The van der Waals surface area contributed by atoms with Crippen molar-refractivity contribution in [2.24, 2.45) is 0 Å². The van der Waals surface area contributed by atoms with Gasteiger partial charge in [0.05, 0.1) is 7.11 Å². The lowest BCUT2D eigenvalue weighted by atomic mass is 10.3. The molecule has 1 aromatic heterocycles. The lowest BCUT2D eigenvalue weighted by Gasteiger charge is -2.09. The average molecular weight is 213 g/mol. The number of hydrogen-bond acceptors (Lipinski definition) is 5. The Morgan fingerprint density at radius 2 is 2.33 bits per heavy atom. The number of aryl methyl sites for hydroxylation is 1. The zero-order valence-electron chi connectivity index (χ0n) is 8.63. The number of rotatable bonds is 3. The van der Waals surface area contributed by atoms with Crippen LogP contribution in [0.4, 0.5) is 5.82 Å². The van der Waals surface area contributed by atoms with E-state index in [1.165, 1.54) is 17.9 Å². The van der Waals surface area contributed by atoms with E-state index in [1.54, 1.807) is 13.8 Å². The molecule has 1 heterocycles. The third kappa shape index (κ3) is 2.12. The SMILES string of the molecule is COC(=O)C(C)n1cc([N+](=O)[O-])nc1C. The molecule has 1 rings (SSSR count). The van der Waals surface area contributed by atoms with Crippen molar-refractivity contribution in [3.63, 3.8) is 0 Å². The summed E-state index contributed by atoms with van der Waals surface area (Å²) in [5.74, 6) is -0.340. The average Bonchev–Trinajstić information content (AvgIpc) is 2.58. The van der Waals surface area contributed by atoms with E-state index in [2.05, 4.69) is 9.72 Å². The number of carbonyl (C=O) groups excluding carboxylic acids is 1. The zero-order valence-corrected chi connectivity index (χ0v) is 8.63. The van der Waals surface area contributed by atoms with Crippen molar-refractivity contribution in [1.29, 1.82) is 0 Å². The molecule has 15 heavy (non-hydrogen) atoms. The van der Waals surface area contributed by atoms with Crippen molar-refractivity contribution >= 4 is 11.8 Å². The molecule has 1 atom stereocenters. The van der Waals surface area contributed by atoms with Gasteiger partial charge in [0.15, 0.2) is 0 Å². The van der Waals surface area contributed by atoms with Crippen LogP contribution in [0, 0.1) is 17.0 Å². The highest BCUT2D eigenvalue weighted by molar-refractivity contribution is 5.73. The van der Waals surface area contributed by atoms with E-state index in [9.17, 15) is 14.9 Å². The summed E-state index contributed by atoms with van der Waals surface area (Å²) < 4.78 is 5.94. The summed E-state index contributed by atoms with van der Waals surface area (Å²) in [5.41, 5.74) is 0. The quantitative estimate of drug-likeness (QED) is 0.421. The molecule has 0 amide bonds. The maximum atomic E-state index is 11.2. The van der Waals surface area contributed by atoms with Gasteiger partial charge in [0.25, 0.3) is 0 Å². The lowest BCUT2D eigenvalue weighted by Crippen LogP contribution is -2.18. The Hall–Kier alpha value is -1.92. The number of ether oxygens (including phenoxy) is 1. The Kier molecular flexibility index (Phi) is 3.03. The maximum absolute atomic E-state index is 11.2. The second kappa shape index (κ2) is 4.07. The van der Waals surface area contributed by atoms with Gasteiger partial charge in [-0.25, -0.2) is 4.79 Å². The second-order valence-electron chi connectivity index (χ2n) is 3.01. The Balaban J connectivity index is 3.04. The van der Waals surface area contributed by atoms with Crippen LogP contribution >= 0.6 is 0 Å². The van der Waals surface area contributed by atoms with Gasteiger partial charge in [-0.2, -0.15) is 0 Å². The molecule has 0 aliphatic rings. The van der Waals surface area contributed by atoms with Crippen molar-refractivity contribution in [1.82, 2.24) is 9.55 Å². The Bertz CT molecular complexity index is 399. The molecule has 0 saturated carbocycles. The largest absolute Gasteiger partial charge is 0.467 e. The third-order valence-corrected chi connectivity index (χ3v) is 2.05. The van der Waals surface area contributed by atoms with Crippen LogP contribution in [0.1, 0.15) is 18.8 Å². The van der Waals surface area contributed by atoms with Crippen LogP contribution in [0.5, 0.6) is 0 Å². The third-order valence-electron chi connectivity index (χ3n) is 2.05. The highest BCUT2D eigenvalue weighted by atomic mass is 16.6. The van der Waals surface area contributed by atoms with Crippen molar-refractivity contribution < 1.29 is 14.5 Å². The maximum Gasteiger partial charge on any atom is 0.381 e. The highest BCUT2D eigenvalue weighted by Gasteiger charge is 2.23. The molecule has 0 aromatic carbocycles. The van der Waals surface area contributed by atoms with E-state index in [4.69, 9.17) is 0 Å². The van der Waals surface area contributed by atoms with E-state index in [-0.39, 0.29) is 5.82 Å². The summed E-state index contributed by atoms with van der Waals surface area (Å²) >= 11 is 0. The van der Waals surface area contributed by atoms with Crippen LogP contribution in [0.25, 0.3) is 0 Å². The molecule has 82 valence electrons. The summed E-state index contributed by atoms with van der Waals surface area (Å²) in [4.78, 5) is 24.7. The topological polar surface area (TPSA) is 87.3 Å². The molecule has 0 fully saturated rings. The molecule has 1 aromatic rings. The van der Waals surface area contributed by atoms with Crippen molar-refractivity contribution in [2.75, 3.05) is 7.11 Å². The molecule has 0 radical (unpaired) electrons.